The molecule has 2 nitrogen and oxygen atoms in total. The van der Waals surface area contributed by atoms with Crippen LogP contribution in [-0.4, -0.2) is 7.11 Å². The van der Waals surface area contributed by atoms with E-state index in [4.69, 9.17) is 11.6 Å². The lowest BCUT2D eigenvalue weighted by Crippen LogP contribution is -2.12. The molecule has 0 spiro atoms. The van der Waals surface area contributed by atoms with Crippen LogP contribution in [0.15, 0.2) is 18.2 Å². The third-order valence-electron chi connectivity index (χ3n) is 1.78. The number of halogens is 4. The Bertz CT molecular complexity index is 341. The van der Waals surface area contributed by atoms with Crippen LogP contribution >= 0.6 is 11.6 Å². The molecular weight excluding hydrogens is 231 g/mol. The first kappa shape index (κ1) is 12.3. The Labute approximate surface area is 89.9 Å². The number of nitrogens with one attached hydrogen (secondary N) is 1. The Kier molecular flexibility index (Phi) is 3.96. The van der Waals surface area contributed by atoms with Crippen molar-refractivity contribution in [2.45, 2.75) is 12.7 Å². The van der Waals surface area contributed by atoms with Crippen molar-refractivity contribution in [2.75, 3.05) is 7.11 Å². The zero-order chi connectivity index (χ0) is 11.5. The molecule has 0 amide bonds. The fourth-order valence-corrected chi connectivity index (χ4v) is 1.22. The largest absolute Gasteiger partial charge is 0.416 e. The summed E-state index contributed by atoms with van der Waals surface area (Å²) in [5.74, 6) is 0. The SMILES string of the molecule is CONCc1cc(C(F)(F)F)ccc1Cl. The monoisotopic (exact) mass is 239 g/mol. The van der Waals surface area contributed by atoms with E-state index in [0.29, 0.717) is 5.56 Å². The molecule has 0 atom stereocenters. The smallest absolute Gasteiger partial charge is 0.305 e. The fraction of sp³-hybridized carbons (Fsp3) is 0.333. The highest BCUT2D eigenvalue weighted by molar-refractivity contribution is 6.31. The quantitative estimate of drug-likeness (QED) is 0.819. The number of hydrogen-bond acceptors (Lipinski definition) is 2. The molecule has 84 valence electrons. The van der Waals surface area contributed by atoms with E-state index in [1.165, 1.54) is 13.2 Å². The zero-order valence-corrected chi connectivity index (χ0v) is 8.62. The normalized spacial score (nSPS) is 11.8. The van der Waals surface area contributed by atoms with Gasteiger partial charge in [-0.15, -0.1) is 0 Å². The van der Waals surface area contributed by atoms with Crippen molar-refractivity contribution in [2.24, 2.45) is 0 Å². The van der Waals surface area contributed by atoms with Crippen molar-refractivity contribution >= 4 is 11.6 Å². The van der Waals surface area contributed by atoms with Crippen LogP contribution in [0.2, 0.25) is 5.02 Å². The van der Waals surface area contributed by atoms with Crippen LogP contribution in [0.3, 0.4) is 0 Å². The molecule has 0 unspecified atom stereocenters. The van der Waals surface area contributed by atoms with Crippen LogP contribution in [0.4, 0.5) is 13.2 Å². The maximum absolute atomic E-state index is 12.3. The van der Waals surface area contributed by atoms with Gasteiger partial charge in [0.1, 0.15) is 0 Å². The summed E-state index contributed by atoms with van der Waals surface area (Å²) in [5, 5.41) is 0.271. The molecule has 1 aromatic rings. The molecule has 0 saturated heterocycles. The summed E-state index contributed by atoms with van der Waals surface area (Å²) in [7, 11) is 1.38. The van der Waals surface area contributed by atoms with Crippen molar-refractivity contribution in [1.82, 2.24) is 5.48 Å². The van der Waals surface area contributed by atoms with E-state index in [0.717, 1.165) is 12.1 Å². The summed E-state index contributed by atoms with van der Waals surface area (Å²) in [5.41, 5.74) is 2.05. The molecule has 0 heterocycles. The molecule has 0 saturated carbocycles. The predicted octanol–water partition coefficient (Wildman–Crippen LogP) is 3.01. The van der Waals surface area contributed by atoms with Crippen LogP contribution in [0, 0.1) is 0 Å². The Hall–Kier alpha value is -0.780. The van der Waals surface area contributed by atoms with Gasteiger partial charge in [-0.05, 0) is 23.8 Å². The van der Waals surface area contributed by atoms with E-state index in [9.17, 15) is 13.2 Å². The van der Waals surface area contributed by atoms with Crippen molar-refractivity contribution in [3.63, 3.8) is 0 Å². The summed E-state index contributed by atoms with van der Waals surface area (Å²) < 4.78 is 37.0. The van der Waals surface area contributed by atoms with Gasteiger partial charge in [0.2, 0.25) is 0 Å². The molecule has 0 bridgehead atoms. The lowest BCUT2D eigenvalue weighted by atomic mass is 10.1. The van der Waals surface area contributed by atoms with Crippen molar-refractivity contribution < 1.29 is 18.0 Å². The number of rotatable bonds is 3. The molecule has 0 aliphatic rings. The number of hydrogen-bond donors (Lipinski definition) is 1. The van der Waals surface area contributed by atoms with Gasteiger partial charge in [-0.25, -0.2) is 0 Å². The van der Waals surface area contributed by atoms with Gasteiger partial charge in [0.05, 0.1) is 12.7 Å². The average Bonchev–Trinajstić information content (AvgIpc) is 2.15. The molecule has 1 N–H and O–H groups in total. The molecule has 0 aromatic heterocycles. The van der Waals surface area contributed by atoms with Gasteiger partial charge < -0.3 is 4.84 Å². The molecule has 0 aliphatic carbocycles. The van der Waals surface area contributed by atoms with E-state index in [2.05, 4.69) is 10.3 Å². The standard InChI is InChI=1S/C9H9ClF3NO/c1-15-14-5-6-4-7(9(11,12)13)2-3-8(6)10/h2-4,14H,5H2,1H3. The summed E-state index contributed by atoms with van der Waals surface area (Å²) in [6.07, 6.45) is -4.35. The van der Waals surface area contributed by atoms with Crippen LogP contribution in [0.5, 0.6) is 0 Å². The van der Waals surface area contributed by atoms with Crippen LogP contribution in [-0.2, 0) is 17.6 Å². The highest BCUT2D eigenvalue weighted by Crippen LogP contribution is 2.31. The van der Waals surface area contributed by atoms with E-state index < -0.39 is 11.7 Å². The fourth-order valence-electron chi connectivity index (χ4n) is 1.04. The highest BCUT2D eigenvalue weighted by Gasteiger charge is 2.30. The number of benzene rings is 1. The molecule has 1 aromatic carbocycles. The first-order valence-electron chi connectivity index (χ1n) is 4.06. The van der Waals surface area contributed by atoms with Gasteiger partial charge in [-0.3, -0.25) is 0 Å². The van der Waals surface area contributed by atoms with Gasteiger partial charge in [-0.2, -0.15) is 18.7 Å². The minimum Gasteiger partial charge on any atom is -0.305 e. The molecule has 0 radical (unpaired) electrons. The van der Waals surface area contributed by atoms with Crippen LogP contribution in [0.1, 0.15) is 11.1 Å². The summed E-state index contributed by atoms with van der Waals surface area (Å²) in [6.45, 7) is 0.124. The topological polar surface area (TPSA) is 21.3 Å². The Morgan fingerprint density at radius 2 is 2.07 bits per heavy atom. The van der Waals surface area contributed by atoms with Gasteiger partial charge in [0.15, 0.2) is 0 Å². The Balaban J connectivity index is 2.95. The predicted molar refractivity (Wildman–Crippen MR) is 50.3 cm³/mol. The Morgan fingerprint density at radius 1 is 1.40 bits per heavy atom. The minimum atomic E-state index is -4.35. The van der Waals surface area contributed by atoms with Crippen molar-refractivity contribution in [3.05, 3.63) is 34.3 Å². The maximum Gasteiger partial charge on any atom is 0.416 e. The Morgan fingerprint density at radius 3 is 2.60 bits per heavy atom. The van der Waals surface area contributed by atoms with Crippen molar-refractivity contribution in [3.8, 4) is 0 Å². The maximum atomic E-state index is 12.3. The molecule has 15 heavy (non-hydrogen) atoms. The molecule has 0 fully saturated rings. The zero-order valence-electron chi connectivity index (χ0n) is 7.86. The first-order chi connectivity index (χ1) is 6.95. The number of hydroxylamine groups is 1. The lowest BCUT2D eigenvalue weighted by Gasteiger charge is -2.10. The van der Waals surface area contributed by atoms with Gasteiger partial charge in [-0.1, -0.05) is 11.6 Å². The second-order valence-corrected chi connectivity index (χ2v) is 3.24. The lowest BCUT2D eigenvalue weighted by molar-refractivity contribution is -0.137. The molecule has 0 aliphatic heterocycles. The summed E-state index contributed by atoms with van der Waals surface area (Å²) in [4.78, 5) is 4.54. The summed E-state index contributed by atoms with van der Waals surface area (Å²) >= 11 is 5.72. The number of alkyl halides is 3. The van der Waals surface area contributed by atoms with Crippen LogP contribution in [0.25, 0.3) is 0 Å². The van der Waals surface area contributed by atoms with Crippen molar-refractivity contribution in [1.29, 1.82) is 0 Å². The van der Waals surface area contributed by atoms with Crippen LogP contribution < -0.4 is 5.48 Å². The summed E-state index contributed by atoms with van der Waals surface area (Å²) in [6, 6.07) is 3.16. The highest BCUT2D eigenvalue weighted by atomic mass is 35.5. The molecular formula is C9H9ClF3NO. The molecule has 1 rings (SSSR count). The van der Waals surface area contributed by atoms with E-state index >= 15 is 0 Å². The van der Waals surface area contributed by atoms with E-state index in [1.807, 2.05) is 0 Å². The van der Waals surface area contributed by atoms with Gasteiger partial charge in [0.25, 0.3) is 0 Å². The van der Waals surface area contributed by atoms with Gasteiger partial charge in [0, 0.05) is 11.6 Å². The second kappa shape index (κ2) is 4.83. The average molecular weight is 240 g/mol. The van der Waals surface area contributed by atoms with E-state index in [-0.39, 0.29) is 11.6 Å². The molecule has 6 heteroatoms. The minimum absolute atomic E-state index is 0.124. The van der Waals surface area contributed by atoms with Gasteiger partial charge >= 0.3 is 6.18 Å². The third kappa shape index (κ3) is 3.37. The van der Waals surface area contributed by atoms with E-state index in [1.54, 1.807) is 0 Å². The first-order valence-corrected chi connectivity index (χ1v) is 4.44. The second-order valence-electron chi connectivity index (χ2n) is 2.83. The third-order valence-corrected chi connectivity index (χ3v) is 2.15.